The first kappa shape index (κ1) is 43.0. The standard InChI is InChI=1S/C44H79N3/c1-4-6-8-10-12-14-16-18-20-22-24-26-28-30-32-34-38-44(47(3)40-36-37-43-41-45-42-46-43)39-35-33-31-29-27-25-23-21-19-17-15-13-11-9-7-5-2/h12-15,18-21,34,38,41,44-46H,4-11,16-17,22-33,35-37,39-40,42H2,1-3H3/b14-12-,15-13-,20-18-,21-19-,38-34+. The molecule has 1 heterocycles. The lowest BCUT2D eigenvalue weighted by molar-refractivity contribution is 0.261. The van der Waals surface area contributed by atoms with E-state index in [9.17, 15) is 0 Å². The predicted octanol–water partition coefficient (Wildman–Crippen LogP) is 13.2. The fraction of sp³-hybridized carbons (Fsp3) is 0.727. The van der Waals surface area contributed by atoms with Crippen molar-refractivity contribution < 1.29 is 0 Å². The molecule has 0 aliphatic carbocycles. The maximum Gasteiger partial charge on any atom is 0.0843 e. The van der Waals surface area contributed by atoms with Crippen LogP contribution in [0.5, 0.6) is 0 Å². The van der Waals surface area contributed by atoms with Gasteiger partial charge in [-0.2, -0.15) is 0 Å². The lowest BCUT2D eigenvalue weighted by Crippen LogP contribution is -2.31. The zero-order chi connectivity index (χ0) is 33.7. The molecule has 0 fully saturated rings. The average molecular weight is 650 g/mol. The van der Waals surface area contributed by atoms with E-state index < -0.39 is 0 Å². The molecule has 0 aromatic heterocycles. The summed E-state index contributed by atoms with van der Waals surface area (Å²) < 4.78 is 0. The topological polar surface area (TPSA) is 27.3 Å². The van der Waals surface area contributed by atoms with Crippen LogP contribution in [0.15, 0.2) is 72.7 Å². The van der Waals surface area contributed by atoms with Gasteiger partial charge in [0, 0.05) is 17.9 Å². The van der Waals surface area contributed by atoms with Crippen molar-refractivity contribution in [3.63, 3.8) is 0 Å². The van der Waals surface area contributed by atoms with Crippen LogP contribution < -0.4 is 10.6 Å². The van der Waals surface area contributed by atoms with Crippen molar-refractivity contribution in [2.75, 3.05) is 20.3 Å². The Morgan fingerprint density at radius 3 is 1.53 bits per heavy atom. The molecule has 47 heavy (non-hydrogen) atoms. The molecule has 1 aliphatic heterocycles. The van der Waals surface area contributed by atoms with Crippen LogP contribution in [0.2, 0.25) is 0 Å². The lowest BCUT2D eigenvalue weighted by atomic mass is 10.0. The smallest absolute Gasteiger partial charge is 0.0843 e. The lowest BCUT2D eigenvalue weighted by Gasteiger charge is -2.26. The van der Waals surface area contributed by atoms with Crippen molar-refractivity contribution in [2.45, 2.75) is 187 Å². The number of hydrogen-bond donors (Lipinski definition) is 2. The summed E-state index contributed by atoms with van der Waals surface area (Å²) >= 11 is 0. The molecule has 0 aromatic carbocycles. The van der Waals surface area contributed by atoms with Crippen LogP contribution in [0.25, 0.3) is 0 Å². The van der Waals surface area contributed by atoms with Crippen LogP contribution in [0.3, 0.4) is 0 Å². The van der Waals surface area contributed by atoms with Crippen molar-refractivity contribution in [3.05, 3.63) is 72.7 Å². The van der Waals surface area contributed by atoms with Crippen LogP contribution in [0, 0.1) is 0 Å². The number of hydrogen-bond acceptors (Lipinski definition) is 3. The Bertz CT molecular complexity index is 833. The highest BCUT2D eigenvalue weighted by molar-refractivity contribution is 5.03. The molecule has 0 aromatic rings. The number of rotatable bonds is 34. The monoisotopic (exact) mass is 650 g/mol. The average Bonchev–Trinajstić information content (AvgIpc) is 3.60. The highest BCUT2D eigenvalue weighted by Crippen LogP contribution is 2.16. The zero-order valence-corrected chi connectivity index (χ0v) is 31.7. The summed E-state index contributed by atoms with van der Waals surface area (Å²) in [5.74, 6) is 0. The van der Waals surface area contributed by atoms with Gasteiger partial charge in [0.2, 0.25) is 0 Å². The van der Waals surface area contributed by atoms with E-state index in [1.807, 2.05) is 0 Å². The van der Waals surface area contributed by atoms with Gasteiger partial charge >= 0.3 is 0 Å². The zero-order valence-electron chi connectivity index (χ0n) is 31.7. The third-order valence-electron chi connectivity index (χ3n) is 9.35. The maximum absolute atomic E-state index is 3.44. The first-order valence-electron chi connectivity index (χ1n) is 20.4. The Kier molecular flexibility index (Phi) is 32.3. The second-order valence-electron chi connectivity index (χ2n) is 13.8. The Morgan fingerprint density at radius 1 is 0.574 bits per heavy atom. The Balaban J connectivity index is 2.19. The molecule has 3 heteroatoms. The number of unbranched alkanes of at least 4 members (excludes halogenated alkanes) is 17. The minimum Gasteiger partial charge on any atom is -0.372 e. The summed E-state index contributed by atoms with van der Waals surface area (Å²) in [5.41, 5.74) is 1.36. The van der Waals surface area contributed by atoms with E-state index in [1.165, 1.54) is 160 Å². The van der Waals surface area contributed by atoms with Gasteiger partial charge < -0.3 is 10.6 Å². The van der Waals surface area contributed by atoms with E-state index in [0.29, 0.717) is 6.04 Å². The van der Waals surface area contributed by atoms with Gasteiger partial charge in [-0.05, 0) is 110 Å². The van der Waals surface area contributed by atoms with Gasteiger partial charge in [0.15, 0.2) is 0 Å². The van der Waals surface area contributed by atoms with Crippen LogP contribution >= 0.6 is 0 Å². The summed E-state index contributed by atoms with van der Waals surface area (Å²) in [5, 5.41) is 6.70. The van der Waals surface area contributed by atoms with E-state index in [4.69, 9.17) is 0 Å². The largest absolute Gasteiger partial charge is 0.372 e. The molecule has 0 radical (unpaired) electrons. The Morgan fingerprint density at radius 2 is 1.04 bits per heavy atom. The predicted molar refractivity (Wildman–Crippen MR) is 213 cm³/mol. The molecule has 270 valence electrons. The van der Waals surface area contributed by atoms with Crippen molar-refractivity contribution in [1.82, 2.24) is 15.5 Å². The van der Waals surface area contributed by atoms with Gasteiger partial charge in [-0.25, -0.2) is 0 Å². The van der Waals surface area contributed by atoms with Crippen LogP contribution in [0.4, 0.5) is 0 Å². The number of nitrogens with one attached hydrogen (secondary N) is 2. The summed E-state index contributed by atoms with van der Waals surface area (Å²) in [6, 6.07) is 0.579. The van der Waals surface area contributed by atoms with Crippen molar-refractivity contribution >= 4 is 0 Å². The molecular formula is C44H79N3. The van der Waals surface area contributed by atoms with E-state index in [-0.39, 0.29) is 0 Å². The van der Waals surface area contributed by atoms with Crippen LogP contribution in [-0.2, 0) is 0 Å². The number of nitrogens with zero attached hydrogens (tertiary/aromatic N) is 1. The van der Waals surface area contributed by atoms with Gasteiger partial charge in [-0.1, -0.05) is 145 Å². The summed E-state index contributed by atoms with van der Waals surface area (Å²) in [6.45, 7) is 6.60. The minimum absolute atomic E-state index is 0.579. The van der Waals surface area contributed by atoms with Gasteiger partial charge in [0.05, 0.1) is 6.67 Å². The Labute approximate surface area is 294 Å². The minimum atomic E-state index is 0.579. The molecule has 0 saturated carbocycles. The number of likely N-dealkylation sites (N-methyl/N-ethyl adjacent to an activating group) is 1. The van der Waals surface area contributed by atoms with E-state index in [2.05, 4.69) is 103 Å². The molecule has 0 bridgehead atoms. The van der Waals surface area contributed by atoms with Crippen molar-refractivity contribution in [3.8, 4) is 0 Å². The highest BCUT2D eigenvalue weighted by Gasteiger charge is 2.12. The van der Waals surface area contributed by atoms with Crippen LogP contribution in [0.1, 0.15) is 181 Å². The second-order valence-corrected chi connectivity index (χ2v) is 13.8. The molecule has 1 aliphatic rings. The van der Waals surface area contributed by atoms with Gasteiger partial charge in [0.25, 0.3) is 0 Å². The van der Waals surface area contributed by atoms with Crippen molar-refractivity contribution in [1.29, 1.82) is 0 Å². The fourth-order valence-electron chi connectivity index (χ4n) is 6.19. The summed E-state index contributed by atoms with van der Waals surface area (Å²) in [7, 11) is 2.34. The highest BCUT2D eigenvalue weighted by atomic mass is 15.1. The van der Waals surface area contributed by atoms with Gasteiger partial charge in [0.1, 0.15) is 0 Å². The molecule has 0 spiro atoms. The summed E-state index contributed by atoms with van der Waals surface area (Å²) in [4.78, 5) is 2.61. The molecule has 1 unspecified atom stereocenters. The Hall–Kier alpha value is -2.00. The van der Waals surface area contributed by atoms with Gasteiger partial charge in [-0.15, -0.1) is 0 Å². The quantitative estimate of drug-likeness (QED) is 0.0536. The SMILES string of the molecule is CCCCC/C=C\C/C=C\CCCCCC/C=C/C(CCCCCCCC/C=C\C/C=C\CCCCC)N(C)CCCC1=CNCN1. The maximum atomic E-state index is 3.44. The van der Waals surface area contributed by atoms with E-state index >= 15 is 0 Å². The molecule has 3 nitrogen and oxygen atoms in total. The second kappa shape index (κ2) is 35.3. The molecule has 0 saturated heterocycles. The molecule has 1 atom stereocenters. The summed E-state index contributed by atoms with van der Waals surface area (Å²) in [6.07, 6.45) is 59.8. The first-order chi connectivity index (χ1) is 23.3. The van der Waals surface area contributed by atoms with Crippen molar-refractivity contribution in [2.24, 2.45) is 0 Å². The normalized spacial score (nSPS) is 14.5. The molecule has 2 N–H and O–H groups in total. The molecule has 1 rings (SSSR count). The van der Waals surface area contributed by atoms with Crippen LogP contribution in [-0.4, -0.2) is 31.2 Å². The van der Waals surface area contributed by atoms with E-state index in [0.717, 1.165) is 25.9 Å². The molecular weight excluding hydrogens is 571 g/mol. The van der Waals surface area contributed by atoms with E-state index in [1.54, 1.807) is 0 Å². The molecule has 0 amide bonds. The third kappa shape index (κ3) is 29.8. The first-order valence-corrected chi connectivity index (χ1v) is 20.4. The fourth-order valence-corrected chi connectivity index (χ4v) is 6.19. The van der Waals surface area contributed by atoms with Gasteiger partial charge in [-0.3, -0.25) is 4.90 Å². The third-order valence-corrected chi connectivity index (χ3v) is 9.35. The number of allylic oxidation sites excluding steroid dienone is 10.